The van der Waals surface area contributed by atoms with Crippen LogP contribution < -0.4 is 0 Å². The van der Waals surface area contributed by atoms with E-state index in [1.807, 2.05) is 11.4 Å². The second kappa shape index (κ2) is 6.58. The highest BCUT2D eigenvalue weighted by atomic mass is 79.9. The maximum Gasteiger partial charge on any atom is 0.243 e. The van der Waals surface area contributed by atoms with E-state index in [2.05, 4.69) is 15.9 Å². The zero-order valence-corrected chi connectivity index (χ0v) is 14.7. The highest BCUT2D eigenvalue weighted by Crippen LogP contribution is 2.23. The molecule has 0 amide bonds. The number of halogens is 2. The fourth-order valence-electron chi connectivity index (χ4n) is 1.67. The summed E-state index contributed by atoms with van der Waals surface area (Å²) in [5.41, 5.74) is 0.899. The van der Waals surface area contributed by atoms with Gasteiger partial charge in [0.1, 0.15) is 0 Å². The van der Waals surface area contributed by atoms with Crippen molar-refractivity contribution < 1.29 is 8.42 Å². The lowest BCUT2D eigenvalue weighted by Crippen LogP contribution is -2.26. The lowest BCUT2D eigenvalue weighted by atomic mass is 10.2. The predicted molar refractivity (Wildman–Crippen MR) is 86.7 cm³/mol. The molecule has 0 N–H and O–H groups in total. The first-order chi connectivity index (χ1) is 9.43. The topological polar surface area (TPSA) is 37.4 Å². The number of hydrogen-bond acceptors (Lipinski definition) is 3. The van der Waals surface area contributed by atoms with Crippen LogP contribution in [0.25, 0.3) is 0 Å². The first-order valence-corrected chi connectivity index (χ1v) is 9.42. The van der Waals surface area contributed by atoms with E-state index in [9.17, 15) is 8.42 Å². The maximum absolute atomic E-state index is 12.4. The van der Waals surface area contributed by atoms with Gasteiger partial charge in [-0.2, -0.15) is 4.31 Å². The molecule has 2 aromatic rings. The molecule has 0 unspecified atom stereocenters. The smallest absolute Gasteiger partial charge is 0.207 e. The van der Waals surface area contributed by atoms with Gasteiger partial charge in [0.15, 0.2) is 0 Å². The van der Waals surface area contributed by atoms with Gasteiger partial charge in [0.05, 0.1) is 4.90 Å². The number of rotatable bonds is 5. The summed E-state index contributed by atoms with van der Waals surface area (Å²) in [5, 5.41) is 1.94. The average Bonchev–Trinajstić information content (AvgIpc) is 2.84. The number of alkyl halides is 1. The Kier molecular flexibility index (Phi) is 5.25. The lowest BCUT2D eigenvalue weighted by Gasteiger charge is -2.16. The standard InChI is InChI=1S/C13H13BrClNO2S2/c1-16(8-12-6-11(14)9-19-12)20(17,18)13-4-2-10(7-15)3-5-13/h2-6,9H,7-8H2,1H3. The van der Waals surface area contributed by atoms with Crippen molar-refractivity contribution in [1.82, 2.24) is 4.31 Å². The molecule has 7 heteroatoms. The summed E-state index contributed by atoms with van der Waals surface area (Å²) >= 11 is 10.6. The average molecular weight is 395 g/mol. The van der Waals surface area contributed by atoms with Gasteiger partial charge in [-0.25, -0.2) is 8.42 Å². The first kappa shape index (κ1) is 16.0. The molecule has 0 spiro atoms. The van der Waals surface area contributed by atoms with Crippen LogP contribution in [-0.4, -0.2) is 19.8 Å². The minimum Gasteiger partial charge on any atom is -0.207 e. The minimum absolute atomic E-state index is 0.282. The monoisotopic (exact) mass is 393 g/mol. The van der Waals surface area contributed by atoms with E-state index < -0.39 is 10.0 Å². The van der Waals surface area contributed by atoms with E-state index in [1.54, 1.807) is 31.3 Å². The Morgan fingerprint density at radius 3 is 2.45 bits per heavy atom. The molecule has 0 aliphatic rings. The summed E-state index contributed by atoms with van der Waals surface area (Å²) in [6.45, 7) is 0.357. The zero-order chi connectivity index (χ0) is 14.8. The van der Waals surface area contributed by atoms with Crippen LogP contribution in [0.2, 0.25) is 0 Å². The Hall–Kier alpha value is -0.400. The summed E-state index contributed by atoms with van der Waals surface area (Å²) < 4.78 is 27.2. The summed E-state index contributed by atoms with van der Waals surface area (Å²) in [6, 6.07) is 8.57. The molecule has 1 aromatic heterocycles. The highest BCUT2D eigenvalue weighted by Gasteiger charge is 2.21. The van der Waals surface area contributed by atoms with Gasteiger partial charge in [-0.1, -0.05) is 12.1 Å². The van der Waals surface area contributed by atoms with Crippen molar-refractivity contribution in [3.63, 3.8) is 0 Å². The second-order valence-electron chi connectivity index (χ2n) is 4.27. The van der Waals surface area contributed by atoms with Crippen molar-refractivity contribution >= 4 is 48.9 Å². The minimum atomic E-state index is -3.47. The lowest BCUT2D eigenvalue weighted by molar-refractivity contribution is 0.469. The fraction of sp³-hybridized carbons (Fsp3) is 0.231. The van der Waals surface area contributed by atoms with E-state index in [4.69, 9.17) is 11.6 Å². The van der Waals surface area contributed by atoms with Crippen LogP contribution in [0.15, 0.2) is 45.1 Å². The molecule has 0 aliphatic heterocycles. The molecule has 20 heavy (non-hydrogen) atoms. The Balaban J connectivity index is 2.19. The predicted octanol–water partition coefficient (Wildman–Crippen LogP) is 4.07. The zero-order valence-electron chi connectivity index (χ0n) is 10.7. The van der Waals surface area contributed by atoms with Gasteiger partial charge in [-0.05, 0) is 39.7 Å². The molecule has 0 atom stereocenters. The van der Waals surface area contributed by atoms with Gasteiger partial charge in [-0.3, -0.25) is 0 Å². The molecule has 108 valence electrons. The summed E-state index contributed by atoms with van der Waals surface area (Å²) in [6.07, 6.45) is 0. The van der Waals surface area contributed by atoms with Crippen molar-refractivity contribution in [2.45, 2.75) is 17.3 Å². The van der Waals surface area contributed by atoms with E-state index in [0.717, 1.165) is 14.9 Å². The van der Waals surface area contributed by atoms with E-state index in [-0.39, 0.29) is 4.90 Å². The summed E-state index contributed by atoms with van der Waals surface area (Å²) in [7, 11) is -1.89. The Morgan fingerprint density at radius 1 is 1.30 bits per heavy atom. The van der Waals surface area contributed by atoms with Crippen molar-refractivity contribution in [3.8, 4) is 0 Å². The molecule has 0 saturated heterocycles. The van der Waals surface area contributed by atoms with Crippen LogP contribution in [0.4, 0.5) is 0 Å². The third kappa shape index (κ3) is 3.62. The van der Waals surface area contributed by atoms with Crippen molar-refractivity contribution in [2.24, 2.45) is 0 Å². The fourth-order valence-corrected chi connectivity index (χ4v) is 4.58. The van der Waals surface area contributed by atoms with Crippen molar-refractivity contribution in [1.29, 1.82) is 0 Å². The van der Waals surface area contributed by atoms with Crippen LogP contribution in [-0.2, 0) is 22.4 Å². The molecular weight excluding hydrogens is 382 g/mol. The second-order valence-corrected chi connectivity index (χ2v) is 8.49. The molecule has 0 bridgehead atoms. The Bertz CT molecular complexity index is 683. The van der Waals surface area contributed by atoms with E-state index in [1.165, 1.54) is 15.6 Å². The number of thiophene rings is 1. The van der Waals surface area contributed by atoms with Gasteiger partial charge in [-0.15, -0.1) is 22.9 Å². The SMILES string of the molecule is CN(Cc1cc(Br)cs1)S(=O)(=O)c1ccc(CCl)cc1. The van der Waals surface area contributed by atoms with Gasteiger partial charge < -0.3 is 0 Å². The van der Waals surface area contributed by atoms with Crippen molar-refractivity contribution in [3.05, 3.63) is 50.6 Å². The van der Waals surface area contributed by atoms with Crippen molar-refractivity contribution in [2.75, 3.05) is 7.05 Å². The molecule has 1 heterocycles. The normalized spacial score (nSPS) is 12.0. The largest absolute Gasteiger partial charge is 0.243 e. The molecule has 3 nitrogen and oxygen atoms in total. The molecular formula is C13H13BrClNO2S2. The summed E-state index contributed by atoms with van der Waals surface area (Å²) in [4.78, 5) is 1.27. The molecule has 0 fully saturated rings. The van der Waals surface area contributed by atoms with Crippen LogP contribution in [0.5, 0.6) is 0 Å². The number of hydrogen-bond donors (Lipinski definition) is 0. The highest BCUT2D eigenvalue weighted by molar-refractivity contribution is 9.10. The molecule has 1 aromatic carbocycles. The number of nitrogens with zero attached hydrogens (tertiary/aromatic N) is 1. The number of sulfonamides is 1. The molecule has 0 saturated carbocycles. The van der Waals surface area contributed by atoms with Gasteiger partial charge >= 0.3 is 0 Å². The Morgan fingerprint density at radius 2 is 1.95 bits per heavy atom. The maximum atomic E-state index is 12.4. The van der Waals surface area contributed by atoms with Crippen LogP contribution in [0.1, 0.15) is 10.4 Å². The van der Waals surface area contributed by atoms with Crippen LogP contribution in [0.3, 0.4) is 0 Å². The molecule has 0 aliphatic carbocycles. The van der Waals surface area contributed by atoms with E-state index in [0.29, 0.717) is 12.4 Å². The number of benzene rings is 1. The third-order valence-corrected chi connectivity index (χ3v) is 6.59. The Labute approximate surface area is 136 Å². The third-order valence-electron chi connectivity index (χ3n) is 2.79. The molecule has 2 rings (SSSR count). The summed E-state index contributed by atoms with van der Waals surface area (Å²) in [5.74, 6) is 0.374. The van der Waals surface area contributed by atoms with Gasteiger partial charge in [0.25, 0.3) is 0 Å². The first-order valence-electron chi connectivity index (χ1n) is 5.77. The van der Waals surface area contributed by atoms with Gasteiger partial charge in [0.2, 0.25) is 10.0 Å². The van der Waals surface area contributed by atoms with Gasteiger partial charge in [0, 0.05) is 34.2 Å². The molecule has 0 radical (unpaired) electrons. The quantitative estimate of drug-likeness (QED) is 0.717. The van der Waals surface area contributed by atoms with Crippen LogP contribution >= 0.6 is 38.9 Å². The van der Waals surface area contributed by atoms with Crippen LogP contribution in [0, 0.1) is 0 Å². The van der Waals surface area contributed by atoms with E-state index >= 15 is 0 Å².